The first-order chi connectivity index (χ1) is 7.15. The van der Waals surface area contributed by atoms with E-state index in [0.717, 1.165) is 30.7 Å². The number of rotatable bonds is 1. The molecule has 0 saturated carbocycles. The van der Waals surface area contributed by atoms with Gasteiger partial charge in [-0.1, -0.05) is 13.8 Å². The molecule has 1 aromatic heterocycles. The van der Waals surface area contributed by atoms with Crippen LogP contribution in [0.4, 0.5) is 5.82 Å². The molecule has 0 aliphatic carbocycles. The van der Waals surface area contributed by atoms with Crippen LogP contribution < -0.4 is 4.90 Å². The van der Waals surface area contributed by atoms with Crippen molar-refractivity contribution in [2.75, 3.05) is 18.0 Å². The lowest BCUT2D eigenvalue weighted by Gasteiger charge is -2.36. The van der Waals surface area contributed by atoms with E-state index in [1.54, 1.807) is 6.20 Å². The number of nitrogens with zero attached hydrogens (tertiary/aromatic N) is 2. The number of piperidine rings is 1. The first kappa shape index (κ1) is 10.6. The van der Waals surface area contributed by atoms with Crippen molar-refractivity contribution in [3.63, 3.8) is 0 Å². The lowest BCUT2D eigenvalue weighted by molar-refractivity contribution is 0.355. The summed E-state index contributed by atoms with van der Waals surface area (Å²) in [4.78, 5) is 9.52. The number of hydrogen-bond acceptors (Lipinski definition) is 3. The Morgan fingerprint density at radius 2 is 2.07 bits per heavy atom. The van der Waals surface area contributed by atoms with Gasteiger partial charge in [0, 0.05) is 19.3 Å². The van der Waals surface area contributed by atoms with Crippen molar-refractivity contribution in [2.24, 2.45) is 11.8 Å². The van der Waals surface area contributed by atoms with Gasteiger partial charge in [0.1, 0.15) is 5.82 Å². The fourth-order valence-corrected chi connectivity index (χ4v) is 2.57. The van der Waals surface area contributed by atoms with E-state index < -0.39 is 0 Å². The van der Waals surface area contributed by atoms with Crippen LogP contribution >= 0.6 is 12.2 Å². The topological polar surface area (TPSA) is 31.9 Å². The largest absolute Gasteiger partial charge is 0.358 e. The normalized spacial score (nSPS) is 26.7. The van der Waals surface area contributed by atoms with Crippen molar-refractivity contribution in [1.29, 1.82) is 0 Å². The third kappa shape index (κ3) is 2.56. The van der Waals surface area contributed by atoms with Crippen LogP contribution in [-0.2, 0) is 0 Å². The molecule has 4 heteroatoms. The van der Waals surface area contributed by atoms with E-state index in [9.17, 15) is 0 Å². The number of nitrogens with one attached hydrogen (secondary N) is 1. The van der Waals surface area contributed by atoms with Gasteiger partial charge in [-0.3, -0.25) is 0 Å². The van der Waals surface area contributed by atoms with Gasteiger partial charge in [-0.05, 0) is 36.5 Å². The van der Waals surface area contributed by atoms with E-state index in [1.165, 1.54) is 6.42 Å². The Morgan fingerprint density at radius 1 is 1.40 bits per heavy atom. The monoisotopic (exact) mass is 223 g/mol. The molecule has 15 heavy (non-hydrogen) atoms. The van der Waals surface area contributed by atoms with E-state index in [-0.39, 0.29) is 0 Å². The Morgan fingerprint density at radius 3 is 2.67 bits per heavy atom. The zero-order valence-electron chi connectivity index (χ0n) is 9.23. The summed E-state index contributed by atoms with van der Waals surface area (Å²) in [6.45, 7) is 6.83. The molecule has 1 aliphatic heterocycles. The second-order valence-electron chi connectivity index (χ2n) is 4.61. The van der Waals surface area contributed by atoms with E-state index in [4.69, 9.17) is 12.2 Å². The molecule has 0 unspecified atom stereocenters. The SMILES string of the molecule is C[C@@H]1C[C@@H](C)CN(c2ccnc(=S)[nH]2)C1. The standard InChI is InChI=1S/C11H17N3S/c1-8-5-9(2)7-14(6-8)10-3-4-12-11(15)13-10/h3-4,8-9H,5-7H2,1-2H3,(H,12,13,15)/t8-,9-/m1/s1. The molecule has 0 spiro atoms. The smallest absolute Gasteiger partial charge is 0.198 e. The van der Waals surface area contributed by atoms with Crippen LogP contribution in [0.1, 0.15) is 20.3 Å². The Bertz CT molecular complexity index is 377. The van der Waals surface area contributed by atoms with Gasteiger partial charge in [0.25, 0.3) is 0 Å². The van der Waals surface area contributed by atoms with Gasteiger partial charge in [-0.25, -0.2) is 4.98 Å². The number of H-pyrrole nitrogens is 1. The van der Waals surface area contributed by atoms with Crippen LogP contribution in [0, 0.1) is 16.6 Å². The zero-order valence-corrected chi connectivity index (χ0v) is 10.0. The summed E-state index contributed by atoms with van der Waals surface area (Å²) < 4.78 is 0.568. The molecular weight excluding hydrogens is 206 g/mol. The lowest BCUT2D eigenvalue weighted by Crippen LogP contribution is -2.39. The van der Waals surface area contributed by atoms with Gasteiger partial charge in [0.2, 0.25) is 0 Å². The minimum atomic E-state index is 0.568. The Hall–Kier alpha value is -0.900. The van der Waals surface area contributed by atoms with Crippen molar-refractivity contribution in [3.8, 4) is 0 Å². The van der Waals surface area contributed by atoms with E-state index >= 15 is 0 Å². The summed E-state index contributed by atoms with van der Waals surface area (Å²) in [5.74, 6) is 2.61. The molecular formula is C11H17N3S. The maximum absolute atomic E-state index is 5.03. The minimum Gasteiger partial charge on any atom is -0.358 e. The summed E-state index contributed by atoms with van der Waals surface area (Å²) >= 11 is 5.03. The van der Waals surface area contributed by atoms with Gasteiger partial charge in [-0.2, -0.15) is 0 Å². The molecule has 1 saturated heterocycles. The highest BCUT2D eigenvalue weighted by molar-refractivity contribution is 7.71. The van der Waals surface area contributed by atoms with Gasteiger partial charge >= 0.3 is 0 Å². The van der Waals surface area contributed by atoms with Crippen LogP contribution in [0.3, 0.4) is 0 Å². The molecule has 1 fully saturated rings. The number of anilines is 1. The zero-order chi connectivity index (χ0) is 10.8. The van der Waals surface area contributed by atoms with Crippen molar-refractivity contribution in [2.45, 2.75) is 20.3 Å². The van der Waals surface area contributed by atoms with Crippen LogP contribution in [0.2, 0.25) is 0 Å². The average molecular weight is 223 g/mol. The Kier molecular flexibility index (Phi) is 3.05. The fraction of sp³-hybridized carbons (Fsp3) is 0.636. The number of aromatic amines is 1. The Labute approximate surface area is 95.5 Å². The maximum Gasteiger partial charge on any atom is 0.198 e. The van der Waals surface area contributed by atoms with E-state index in [0.29, 0.717) is 4.77 Å². The highest BCUT2D eigenvalue weighted by atomic mass is 32.1. The van der Waals surface area contributed by atoms with Gasteiger partial charge in [0.15, 0.2) is 4.77 Å². The highest BCUT2D eigenvalue weighted by Crippen LogP contribution is 2.24. The molecule has 1 aromatic rings. The second kappa shape index (κ2) is 4.31. The summed E-state index contributed by atoms with van der Waals surface area (Å²) in [5, 5.41) is 0. The van der Waals surface area contributed by atoms with Crippen LogP contribution in [-0.4, -0.2) is 23.1 Å². The summed E-state index contributed by atoms with van der Waals surface area (Å²) in [6.07, 6.45) is 3.10. The highest BCUT2D eigenvalue weighted by Gasteiger charge is 2.22. The van der Waals surface area contributed by atoms with Gasteiger partial charge < -0.3 is 9.88 Å². The molecule has 1 N–H and O–H groups in total. The molecule has 1 aliphatic rings. The van der Waals surface area contributed by atoms with Crippen molar-refractivity contribution >= 4 is 18.0 Å². The maximum atomic E-state index is 5.03. The van der Waals surface area contributed by atoms with Crippen LogP contribution in [0.25, 0.3) is 0 Å². The second-order valence-corrected chi connectivity index (χ2v) is 5.00. The third-order valence-corrected chi connectivity index (χ3v) is 3.08. The van der Waals surface area contributed by atoms with Gasteiger partial charge in [-0.15, -0.1) is 0 Å². The molecule has 3 nitrogen and oxygen atoms in total. The summed E-state index contributed by atoms with van der Waals surface area (Å²) in [5.41, 5.74) is 0. The molecule has 0 bridgehead atoms. The Balaban J connectivity index is 2.19. The predicted octanol–water partition coefficient (Wildman–Crippen LogP) is 2.62. The van der Waals surface area contributed by atoms with Crippen LogP contribution in [0.15, 0.2) is 12.3 Å². The fourth-order valence-electron chi connectivity index (χ4n) is 2.40. The third-order valence-electron chi connectivity index (χ3n) is 2.87. The minimum absolute atomic E-state index is 0.568. The average Bonchev–Trinajstić information content (AvgIpc) is 2.16. The number of aromatic nitrogens is 2. The van der Waals surface area contributed by atoms with Crippen molar-refractivity contribution in [3.05, 3.63) is 17.0 Å². The molecule has 2 rings (SSSR count). The molecule has 0 aromatic carbocycles. The molecule has 82 valence electrons. The van der Waals surface area contributed by atoms with Crippen LogP contribution in [0.5, 0.6) is 0 Å². The number of hydrogen-bond donors (Lipinski definition) is 1. The van der Waals surface area contributed by atoms with Gasteiger partial charge in [0.05, 0.1) is 0 Å². The first-order valence-corrected chi connectivity index (χ1v) is 5.86. The van der Waals surface area contributed by atoms with Crippen molar-refractivity contribution in [1.82, 2.24) is 9.97 Å². The molecule has 0 radical (unpaired) electrons. The molecule has 2 heterocycles. The lowest BCUT2D eigenvalue weighted by atomic mass is 9.92. The van der Waals surface area contributed by atoms with E-state index in [2.05, 4.69) is 28.7 Å². The first-order valence-electron chi connectivity index (χ1n) is 5.45. The molecule has 2 atom stereocenters. The molecule has 0 amide bonds. The van der Waals surface area contributed by atoms with Crippen molar-refractivity contribution < 1.29 is 0 Å². The van der Waals surface area contributed by atoms with E-state index in [1.807, 2.05) is 6.07 Å². The quantitative estimate of drug-likeness (QED) is 0.743. The summed E-state index contributed by atoms with van der Waals surface area (Å²) in [6, 6.07) is 2.00. The summed E-state index contributed by atoms with van der Waals surface area (Å²) in [7, 11) is 0. The predicted molar refractivity (Wildman–Crippen MR) is 64.6 cm³/mol.